The van der Waals surface area contributed by atoms with E-state index in [1.165, 1.54) is 0 Å². The summed E-state index contributed by atoms with van der Waals surface area (Å²) in [7, 11) is 0. The molecule has 0 bridgehead atoms. The van der Waals surface area contributed by atoms with Crippen LogP contribution in [0.3, 0.4) is 0 Å². The summed E-state index contributed by atoms with van der Waals surface area (Å²) in [5.41, 5.74) is 10.8. The highest BCUT2D eigenvalue weighted by Gasteiger charge is 2.17. The molecule has 0 radical (unpaired) electrons. The van der Waals surface area contributed by atoms with E-state index in [0.29, 0.717) is 23.4 Å². The van der Waals surface area contributed by atoms with Gasteiger partial charge in [-0.15, -0.1) is 11.5 Å². The van der Waals surface area contributed by atoms with Gasteiger partial charge in [0.2, 0.25) is 0 Å². The largest absolute Gasteiger partial charge is 0.290 e. The molecule has 0 aliphatic heterocycles. The Bertz CT molecular complexity index is 942. The molecule has 0 spiro atoms. The summed E-state index contributed by atoms with van der Waals surface area (Å²) < 4.78 is 0. The van der Waals surface area contributed by atoms with E-state index in [-0.39, 0.29) is 5.78 Å². The molecule has 2 heteroatoms. The van der Waals surface area contributed by atoms with Gasteiger partial charge in [-0.25, -0.2) is 0 Å². The van der Waals surface area contributed by atoms with Gasteiger partial charge in [-0.2, -0.15) is 0 Å². The van der Waals surface area contributed by atoms with Crippen molar-refractivity contribution >= 4 is 17.4 Å². The summed E-state index contributed by atoms with van der Waals surface area (Å²) >= 11 is 6.26. The van der Waals surface area contributed by atoms with E-state index in [4.69, 9.17) is 11.6 Å². The van der Waals surface area contributed by atoms with Crippen LogP contribution in [0.15, 0.2) is 118 Å². The molecule has 2 aliphatic rings. The quantitative estimate of drug-likeness (QED) is 0.273. The zero-order chi connectivity index (χ0) is 19.6. The van der Waals surface area contributed by atoms with Crippen molar-refractivity contribution in [2.75, 3.05) is 0 Å². The molecular formula is C25H23ClO. The van der Waals surface area contributed by atoms with Crippen LogP contribution in [0.25, 0.3) is 0 Å². The molecule has 0 aromatic rings. The minimum Gasteiger partial charge on any atom is -0.290 e. The molecule has 0 saturated carbocycles. The first kappa shape index (κ1) is 20.5. The van der Waals surface area contributed by atoms with Crippen molar-refractivity contribution in [3.05, 3.63) is 118 Å². The smallest absolute Gasteiger partial charge is 0.183 e. The molecule has 2 aliphatic carbocycles. The minimum absolute atomic E-state index is 0.0811. The van der Waals surface area contributed by atoms with Crippen LogP contribution in [0.5, 0.6) is 0 Å². The average Bonchev–Trinajstić information content (AvgIpc) is 2.95. The van der Waals surface area contributed by atoms with Crippen LogP contribution in [0.2, 0.25) is 0 Å². The second-order valence-electron chi connectivity index (χ2n) is 6.20. The van der Waals surface area contributed by atoms with Crippen LogP contribution < -0.4 is 0 Å². The van der Waals surface area contributed by atoms with Crippen LogP contribution >= 0.6 is 11.6 Å². The third-order valence-corrected chi connectivity index (χ3v) is 4.55. The first-order chi connectivity index (χ1) is 13.0. The Morgan fingerprint density at radius 2 is 2.15 bits per heavy atom. The molecule has 2 rings (SSSR count). The van der Waals surface area contributed by atoms with E-state index < -0.39 is 0 Å². The summed E-state index contributed by atoms with van der Waals surface area (Å²) in [5, 5.41) is 0.445. The van der Waals surface area contributed by atoms with E-state index in [1.807, 2.05) is 68.5 Å². The Kier molecular flexibility index (Phi) is 7.86. The first-order valence-electron chi connectivity index (χ1n) is 8.85. The lowest BCUT2D eigenvalue weighted by molar-refractivity contribution is -0.111. The summed E-state index contributed by atoms with van der Waals surface area (Å²) in [6.45, 7) is 8.04. The van der Waals surface area contributed by atoms with Crippen molar-refractivity contribution in [2.24, 2.45) is 0 Å². The van der Waals surface area contributed by atoms with E-state index >= 15 is 0 Å². The molecule has 1 nitrogen and oxygen atoms in total. The van der Waals surface area contributed by atoms with Gasteiger partial charge in [0.1, 0.15) is 0 Å². The van der Waals surface area contributed by atoms with Gasteiger partial charge in [0, 0.05) is 17.6 Å². The van der Waals surface area contributed by atoms with Crippen LogP contribution in [0, 0.1) is 0 Å². The second kappa shape index (κ2) is 10.4. The molecule has 27 heavy (non-hydrogen) atoms. The van der Waals surface area contributed by atoms with E-state index in [0.717, 1.165) is 22.3 Å². The second-order valence-corrected chi connectivity index (χ2v) is 6.61. The number of hydrogen-bond acceptors (Lipinski definition) is 1. The molecule has 0 aromatic heterocycles. The van der Waals surface area contributed by atoms with Crippen LogP contribution in [0.4, 0.5) is 0 Å². The lowest BCUT2D eigenvalue weighted by Crippen LogP contribution is -2.05. The molecule has 0 amide bonds. The Morgan fingerprint density at radius 1 is 1.33 bits per heavy atom. The summed E-state index contributed by atoms with van der Waals surface area (Å²) in [6, 6.07) is 0. The predicted molar refractivity (Wildman–Crippen MR) is 115 cm³/mol. The zero-order valence-corrected chi connectivity index (χ0v) is 16.5. The number of allylic oxidation sites excluding steroid dienone is 15. The molecule has 0 heterocycles. The standard InChI is InChI=1S/C25H23ClO/c1-4-5-11-19(2)20(3)12-10-15-25(27)23-18-22(16-17-24(23)26)21-13-8-6-7-9-14-21/h4-8,10-11,13-15,17H,3,12,18H2,1-2H3/b5-4?,15-10+,19-11-. The van der Waals surface area contributed by atoms with E-state index in [2.05, 4.69) is 18.0 Å². The normalized spacial score (nSPS) is 16.9. The van der Waals surface area contributed by atoms with Gasteiger partial charge in [-0.05, 0) is 61.3 Å². The fourth-order valence-corrected chi connectivity index (χ4v) is 2.73. The van der Waals surface area contributed by atoms with Crippen molar-refractivity contribution in [2.45, 2.75) is 26.7 Å². The third kappa shape index (κ3) is 6.13. The van der Waals surface area contributed by atoms with E-state index in [9.17, 15) is 4.79 Å². The SMILES string of the molecule is C=C(C/C=C/C(=O)C1=C(Cl)C=C=C(C2=CC=CC=C=C2)C1)/C(C)=C\C=CC. The number of halogens is 1. The molecule has 0 aromatic carbocycles. The van der Waals surface area contributed by atoms with Crippen molar-refractivity contribution in [3.8, 4) is 0 Å². The summed E-state index contributed by atoms with van der Waals surface area (Å²) in [4.78, 5) is 12.6. The van der Waals surface area contributed by atoms with Crippen molar-refractivity contribution < 1.29 is 4.79 Å². The Hall–Kier alpha value is -2.82. The van der Waals surface area contributed by atoms with Gasteiger partial charge in [-0.3, -0.25) is 4.79 Å². The van der Waals surface area contributed by atoms with Crippen LogP contribution in [-0.4, -0.2) is 5.78 Å². The van der Waals surface area contributed by atoms with Gasteiger partial charge in [0.25, 0.3) is 0 Å². The van der Waals surface area contributed by atoms with E-state index in [1.54, 1.807) is 12.2 Å². The Balaban J connectivity index is 2.06. The Morgan fingerprint density at radius 3 is 2.93 bits per heavy atom. The van der Waals surface area contributed by atoms with Gasteiger partial charge < -0.3 is 0 Å². The summed E-state index contributed by atoms with van der Waals surface area (Å²) in [6.07, 6.45) is 21.7. The Labute approximate surface area is 166 Å². The molecule has 0 saturated heterocycles. The monoisotopic (exact) mass is 374 g/mol. The minimum atomic E-state index is -0.0811. The molecule has 0 atom stereocenters. The van der Waals surface area contributed by atoms with Gasteiger partial charge in [0.15, 0.2) is 5.78 Å². The van der Waals surface area contributed by atoms with Gasteiger partial charge >= 0.3 is 0 Å². The molecule has 0 fully saturated rings. The number of hydrogen-bond donors (Lipinski definition) is 0. The number of carbonyl (C=O) groups excluding carboxylic acids is 1. The number of ketones is 1. The fraction of sp³-hybridized carbons (Fsp3) is 0.160. The maximum atomic E-state index is 12.6. The zero-order valence-electron chi connectivity index (χ0n) is 15.8. The van der Waals surface area contributed by atoms with Crippen LogP contribution in [-0.2, 0) is 4.79 Å². The molecule has 136 valence electrons. The highest BCUT2D eigenvalue weighted by Crippen LogP contribution is 2.29. The average molecular weight is 375 g/mol. The van der Waals surface area contributed by atoms with Crippen molar-refractivity contribution in [1.29, 1.82) is 0 Å². The lowest BCUT2D eigenvalue weighted by Gasteiger charge is -2.12. The maximum absolute atomic E-state index is 12.6. The fourth-order valence-electron chi connectivity index (χ4n) is 2.51. The molecule has 0 unspecified atom stereocenters. The lowest BCUT2D eigenvalue weighted by atomic mass is 9.92. The molecule has 0 N–H and O–H groups in total. The van der Waals surface area contributed by atoms with Gasteiger partial charge in [-0.1, -0.05) is 60.7 Å². The maximum Gasteiger partial charge on any atom is 0.183 e. The molecular weight excluding hydrogens is 352 g/mol. The number of carbonyl (C=O) groups is 1. The predicted octanol–water partition coefficient (Wildman–Crippen LogP) is 6.77. The third-order valence-electron chi connectivity index (χ3n) is 4.21. The topological polar surface area (TPSA) is 17.1 Å². The summed E-state index contributed by atoms with van der Waals surface area (Å²) in [5.74, 6) is -0.0811. The van der Waals surface area contributed by atoms with Crippen LogP contribution in [0.1, 0.15) is 26.7 Å². The highest BCUT2D eigenvalue weighted by molar-refractivity contribution is 6.34. The first-order valence-corrected chi connectivity index (χ1v) is 9.23. The number of rotatable bonds is 7. The van der Waals surface area contributed by atoms with Crippen molar-refractivity contribution in [1.82, 2.24) is 0 Å². The van der Waals surface area contributed by atoms with Gasteiger partial charge in [0.05, 0.1) is 5.03 Å². The highest BCUT2D eigenvalue weighted by atomic mass is 35.5. The van der Waals surface area contributed by atoms with Crippen molar-refractivity contribution in [3.63, 3.8) is 0 Å².